The van der Waals surface area contributed by atoms with E-state index in [1.807, 2.05) is 0 Å². The molecule has 0 spiro atoms. The fraction of sp³-hybridized carbons (Fsp3) is 0.214. The Morgan fingerprint density at radius 3 is 2.48 bits per heavy atom. The normalized spacial score (nSPS) is 10.2. The standard InChI is InChI=1S/C14H16N4O2S/c1-8-12(21-14(15)17-8)13(20)18-10-5-3-9(4-6-10)7-11(19)16-2/h3-6H,7H2,1-2H3,(H2,15,17)(H,16,19)(H,18,20). The van der Waals surface area contributed by atoms with Gasteiger partial charge in [-0.3, -0.25) is 9.59 Å². The molecule has 0 atom stereocenters. The summed E-state index contributed by atoms with van der Waals surface area (Å²) >= 11 is 1.16. The molecule has 2 aromatic rings. The molecule has 110 valence electrons. The van der Waals surface area contributed by atoms with Gasteiger partial charge in [-0.05, 0) is 24.6 Å². The number of hydrogen-bond donors (Lipinski definition) is 3. The lowest BCUT2D eigenvalue weighted by Gasteiger charge is -2.05. The molecule has 0 aliphatic rings. The smallest absolute Gasteiger partial charge is 0.267 e. The SMILES string of the molecule is CNC(=O)Cc1ccc(NC(=O)c2sc(N)nc2C)cc1. The van der Waals surface area contributed by atoms with E-state index >= 15 is 0 Å². The second-order valence-corrected chi connectivity index (χ2v) is 5.50. The Hall–Kier alpha value is -2.41. The summed E-state index contributed by atoms with van der Waals surface area (Å²) in [7, 11) is 1.60. The van der Waals surface area contributed by atoms with Gasteiger partial charge in [0, 0.05) is 12.7 Å². The number of nitrogen functional groups attached to an aromatic ring is 1. The number of anilines is 2. The molecule has 2 rings (SSSR count). The monoisotopic (exact) mass is 304 g/mol. The number of amides is 2. The van der Waals surface area contributed by atoms with Crippen LogP contribution in [-0.4, -0.2) is 23.8 Å². The van der Waals surface area contributed by atoms with Crippen molar-refractivity contribution in [2.45, 2.75) is 13.3 Å². The number of carbonyl (C=O) groups excluding carboxylic acids is 2. The first-order valence-electron chi connectivity index (χ1n) is 6.33. The third-order valence-corrected chi connectivity index (χ3v) is 3.86. The molecule has 6 nitrogen and oxygen atoms in total. The molecule has 7 heteroatoms. The van der Waals surface area contributed by atoms with Crippen LogP contribution in [0.5, 0.6) is 0 Å². The number of likely N-dealkylation sites (N-methyl/N-ethyl adjacent to an activating group) is 1. The first-order chi connectivity index (χ1) is 9.99. The van der Waals surface area contributed by atoms with Crippen LogP contribution >= 0.6 is 11.3 Å². The minimum absolute atomic E-state index is 0.0532. The highest BCUT2D eigenvalue weighted by Gasteiger charge is 2.14. The maximum absolute atomic E-state index is 12.1. The zero-order chi connectivity index (χ0) is 15.4. The minimum atomic E-state index is -0.235. The molecule has 0 unspecified atom stereocenters. The second-order valence-electron chi connectivity index (χ2n) is 4.47. The van der Waals surface area contributed by atoms with Crippen molar-refractivity contribution in [1.82, 2.24) is 10.3 Å². The van der Waals surface area contributed by atoms with Gasteiger partial charge < -0.3 is 16.4 Å². The van der Waals surface area contributed by atoms with E-state index in [0.29, 0.717) is 27.8 Å². The van der Waals surface area contributed by atoms with Gasteiger partial charge >= 0.3 is 0 Å². The lowest BCUT2D eigenvalue weighted by Crippen LogP contribution is -2.19. The third kappa shape index (κ3) is 3.79. The Kier molecular flexibility index (Phi) is 4.54. The van der Waals surface area contributed by atoms with Crippen LogP contribution in [0.4, 0.5) is 10.8 Å². The Bertz CT molecular complexity index is 664. The number of nitrogens with one attached hydrogen (secondary N) is 2. The van der Waals surface area contributed by atoms with E-state index in [9.17, 15) is 9.59 Å². The number of benzene rings is 1. The summed E-state index contributed by atoms with van der Waals surface area (Å²) in [5.74, 6) is -0.289. The van der Waals surface area contributed by atoms with Gasteiger partial charge in [0.2, 0.25) is 5.91 Å². The zero-order valence-corrected chi connectivity index (χ0v) is 12.6. The van der Waals surface area contributed by atoms with Crippen molar-refractivity contribution < 1.29 is 9.59 Å². The van der Waals surface area contributed by atoms with Gasteiger partial charge in [0.15, 0.2) is 5.13 Å². The average Bonchev–Trinajstić information content (AvgIpc) is 2.80. The van der Waals surface area contributed by atoms with E-state index in [-0.39, 0.29) is 11.8 Å². The Morgan fingerprint density at radius 1 is 1.29 bits per heavy atom. The number of hydrogen-bond acceptors (Lipinski definition) is 5. The summed E-state index contributed by atoms with van der Waals surface area (Å²) in [6, 6.07) is 7.13. The number of aryl methyl sites for hydroxylation is 1. The minimum Gasteiger partial charge on any atom is -0.375 e. The number of nitrogens with two attached hydrogens (primary N) is 1. The fourth-order valence-electron chi connectivity index (χ4n) is 1.80. The molecule has 1 aromatic carbocycles. The van der Waals surface area contributed by atoms with E-state index in [1.165, 1.54) is 0 Å². The van der Waals surface area contributed by atoms with Gasteiger partial charge in [0.1, 0.15) is 4.88 Å². The van der Waals surface area contributed by atoms with E-state index < -0.39 is 0 Å². The molecule has 2 amide bonds. The van der Waals surface area contributed by atoms with Gasteiger partial charge in [0.25, 0.3) is 5.91 Å². The molecule has 1 aromatic heterocycles. The van der Waals surface area contributed by atoms with Crippen molar-refractivity contribution in [2.75, 3.05) is 18.1 Å². The summed E-state index contributed by atoms with van der Waals surface area (Å²) < 4.78 is 0. The van der Waals surface area contributed by atoms with Crippen molar-refractivity contribution in [3.05, 3.63) is 40.4 Å². The molecule has 0 saturated heterocycles. The number of carbonyl (C=O) groups is 2. The zero-order valence-electron chi connectivity index (χ0n) is 11.8. The molecule has 21 heavy (non-hydrogen) atoms. The molecule has 0 bridgehead atoms. The number of aromatic nitrogens is 1. The predicted molar refractivity (Wildman–Crippen MR) is 83.4 cm³/mol. The van der Waals surface area contributed by atoms with Crippen molar-refractivity contribution in [2.24, 2.45) is 0 Å². The lowest BCUT2D eigenvalue weighted by atomic mass is 10.1. The number of thiazole rings is 1. The van der Waals surface area contributed by atoms with Crippen LogP contribution in [0, 0.1) is 6.92 Å². The highest BCUT2D eigenvalue weighted by atomic mass is 32.1. The van der Waals surface area contributed by atoms with Crippen LogP contribution in [0.25, 0.3) is 0 Å². The molecular formula is C14H16N4O2S. The van der Waals surface area contributed by atoms with E-state index in [4.69, 9.17) is 5.73 Å². The quantitative estimate of drug-likeness (QED) is 0.798. The van der Waals surface area contributed by atoms with Gasteiger partial charge in [-0.1, -0.05) is 23.5 Å². The summed E-state index contributed by atoms with van der Waals surface area (Å²) in [6.07, 6.45) is 0.315. The predicted octanol–water partition coefficient (Wildman–Crippen LogP) is 1.57. The molecule has 1 heterocycles. The van der Waals surface area contributed by atoms with Gasteiger partial charge in [-0.15, -0.1) is 0 Å². The second kappa shape index (κ2) is 6.36. The molecule has 0 radical (unpaired) electrons. The van der Waals surface area contributed by atoms with Crippen molar-refractivity contribution in [1.29, 1.82) is 0 Å². The highest BCUT2D eigenvalue weighted by Crippen LogP contribution is 2.21. The van der Waals surface area contributed by atoms with Crippen LogP contribution in [0.1, 0.15) is 20.9 Å². The summed E-state index contributed by atoms with van der Waals surface area (Å²) in [6.45, 7) is 1.74. The first kappa shape index (κ1) is 15.0. The Morgan fingerprint density at radius 2 is 1.95 bits per heavy atom. The van der Waals surface area contributed by atoms with Gasteiger partial charge in [0.05, 0.1) is 12.1 Å². The van der Waals surface area contributed by atoms with Crippen LogP contribution in [0.3, 0.4) is 0 Å². The highest BCUT2D eigenvalue weighted by molar-refractivity contribution is 7.17. The largest absolute Gasteiger partial charge is 0.375 e. The van der Waals surface area contributed by atoms with Crippen LogP contribution < -0.4 is 16.4 Å². The fourth-order valence-corrected chi connectivity index (χ4v) is 2.52. The molecule has 0 saturated carbocycles. The van der Waals surface area contributed by atoms with Crippen LogP contribution in [-0.2, 0) is 11.2 Å². The summed E-state index contributed by atoms with van der Waals surface area (Å²) in [5, 5.41) is 5.72. The van der Waals surface area contributed by atoms with Crippen LogP contribution in [0.15, 0.2) is 24.3 Å². The van der Waals surface area contributed by atoms with Gasteiger partial charge in [-0.25, -0.2) is 4.98 Å². The van der Waals surface area contributed by atoms with Gasteiger partial charge in [-0.2, -0.15) is 0 Å². The summed E-state index contributed by atoms with van der Waals surface area (Å²) in [4.78, 5) is 27.9. The summed E-state index contributed by atoms with van der Waals surface area (Å²) in [5.41, 5.74) is 7.74. The maximum Gasteiger partial charge on any atom is 0.267 e. The first-order valence-corrected chi connectivity index (χ1v) is 7.15. The molecule has 0 aliphatic carbocycles. The Balaban J connectivity index is 2.05. The molecule has 0 fully saturated rings. The van der Waals surface area contributed by atoms with Crippen molar-refractivity contribution >= 4 is 34.0 Å². The average molecular weight is 304 g/mol. The van der Waals surface area contributed by atoms with E-state index in [2.05, 4.69) is 15.6 Å². The molecular weight excluding hydrogens is 288 g/mol. The molecule has 4 N–H and O–H groups in total. The van der Waals surface area contributed by atoms with Crippen LogP contribution in [0.2, 0.25) is 0 Å². The van der Waals surface area contributed by atoms with Crippen molar-refractivity contribution in [3.8, 4) is 0 Å². The lowest BCUT2D eigenvalue weighted by molar-refractivity contribution is -0.119. The third-order valence-electron chi connectivity index (χ3n) is 2.87. The van der Waals surface area contributed by atoms with E-state index in [0.717, 1.165) is 16.9 Å². The maximum atomic E-state index is 12.1. The van der Waals surface area contributed by atoms with E-state index in [1.54, 1.807) is 38.2 Å². The van der Waals surface area contributed by atoms with Crippen molar-refractivity contribution in [3.63, 3.8) is 0 Å². The Labute approximate surface area is 126 Å². The topological polar surface area (TPSA) is 97.1 Å². The number of nitrogens with zero attached hydrogens (tertiary/aromatic N) is 1. The molecule has 0 aliphatic heterocycles. The number of rotatable bonds is 4.